The summed E-state index contributed by atoms with van der Waals surface area (Å²) in [5, 5.41) is 0. The van der Waals surface area contributed by atoms with E-state index < -0.39 is 6.17 Å². The fourth-order valence-electron chi connectivity index (χ4n) is 0.979. The summed E-state index contributed by atoms with van der Waals surface area (Å²) in [5.74, 6) is 0. The first-order valence-corrected chi connectivity index (χ1v) is 5.34. The Kier molecular flexibility index (Phi) is 6.88. The van der Waals surface area contributed by atoms with Crippen LogP contribution >= 0.6 is 0 Å². The van der Waals surface area contributed by atoms with Crippen LogP contribution in [0, 0.1) is 0 Å². The Morgan fingerprint density at radius 1 is 1.40 bits per heavy atom. The molecule has 0 aromatic heterocycles. The maximum atomic E-state index is 12.3. The molecule has 2 nitrogen and oxygen atoms in total. The summed E-state index contributed by atoms with van der Waals surface area (Å²) in [6.07, 6.45) is 8.96. The van der Waals surface area contributed by atoms with E-state index in [2.05, 4.69) is 4.99 Å². The van der Waals surface area contributed by atoms with Crippen molar-refractivity contribution in [3.05, 3.63) is 24.4 Å². The highest BCUT2D eigenvalue weighted by Gasteiger charge is 2.14. The summed E-state index contributed by atoms with van der Waals surface area (Å²) in [7, 11) is 0. The third kappa shape index (κ3) is 7.03. The van der Waals surface area contributed by atoms with Crippen LogP contribution in [0.3, 0.4) is 0 Å². The van der Waals surface area contributed by atoms with Crippen LogP contribution < -0.4 is 5.73 Å². The lowest BCUT2D eigenvalue weighted by molar-refractivity contribution is 0.431. The fraction of sp³-hybridized carbons (Fsp3) is 0.583. The molecule has 0 amide bonds. The van der Waals surface area contributed by atoms with Gasteiger partial charge in [0.15, 0.2) is 0 Å². The summed E-state index contributed by atoms with van der Waals surface area (Å²) in [6.45, 7) is 5.56. The highest BCUT2D eigenvalue weighted by Crippen LogP contribution is 2.12. The summed E-state index contributed by atoms with van der Waals surface area (Å²) >= 11 is 0. The number of nitrogens with zero attached hydrogens (tertiary/aromatic N) is 1. The van der Waals surface area contributed by atoms with Crippen LogP contribution in [0.15, 0.2) is 29.4 Å². The van der Waals surface area contributed by atoms with Gasteiger partial charge in [-0.2, -0.15) is 0 Å². The van der Waals surface area contributed by atoms with Crippen LogP contribution in [0.5, 0.6) is 0 Å². The van der Waals surface area contributed by atoms with Gasteiger partial charge in [0.05, 0.1) is 0 Å². The molecule has 1 atom stereocenters. The Morgan fingerprint density at radius 3 is 2.47 bits per heavy atom. The van der Waals surface area contributed by atoms with Crippen molar-refractivity contribution in [2.75, 3.05) is 0 Å². The smallest absolute Gasteiger partial charge is 0.116 e. The Balaban J connectivity index is 4.08. The van der Waals surface area contributed by atoms with E-state index in [4.69, 9.17) is 5.73 Å². The van der Waals surface area contributed by atoms with Crippen molar-refractivity contribution in [3.63, 3.8) is 0 Å². The molecule has 0 aliphatic heterocycles. The van der Waals surface area contributed by atoms with Crippen LogP contribution in [0.25, 0.3) is 0 Å². The van der Waals surface area contributed by atoms with Crippen molar-refractivity contribution < 1.29 is 4.39 Å². The van der Waals surface area contributed by atoms with Gasteiger partial charge in [-0.15, -0.1) is 0 Å². The monoisotopic (exact) mass is 212 g/mol. The van der Waals surface area contributed by atoms with Crippen molar-refractivity contribution in [1.82, 2.24) is 0 Å². The molecule has 0 heterocycles. The molecule has 0 aromatic carbocycles. The van der Waals surface area contributed by atoms with Crippen LogP contribution in [-0.2, 0) is 0 Å². The molecule has 0 saturated carbocycles. The molecule has 0 spiro atoms. The van der Waals surface area contributed by atoms with E-state index in [1.165, 1.54) is 13.0 Å². The van der Waals surface area contributed by atoms with Crippen molar-refractivity contribution >= 4 is 6.21 Å². The molecule has 0 fully saturated rings. The van der Waals surface area contributed by atoms with Gasteiger partial charge in [0.25, 0.3) is 0 Å². The second-order valence-electron chi connectivity index (χ2n) is 3.62. The zero-order valence-corrected chi connectivity index (χ0v) is 9.78. The number of alkyl halides is 1. The van der Waals surface area contributed by atoms with Gasteiger partial charge in [-0.05, 0) is 38.0 Å². The maximum Gasteiger partial charge on any atom is 0.116 e. The zero-order chi connectivity index (χ0) is 11.7. The SMILES string of the molecule is CCC(N)(/C=C/N=C\C=C/C(C)F)CC. The van der Waals surface area contributed by atoms with Gasteiger partial charge in [0, 0.05) is 18.0 Å². The minimum Gasteiger partial charge on any atom is -0.322 e. The Morgan fingerprint density at radius 2 is 2.00 bits per heavy atom. The molecule has 0 bridgehead atoms. The van der Waals surface area contributed by atoms with Gasteiger partial charge < -0.3 is 5.73 Å². The predicted octanol–water partition coefficient (Wildman–Crippen LogP) is 3.00. The maximum absolute atomic E-state index is 12.3. The van der Waals surface area contributed by atoms with Gasteiger partial charge in [-0.3, -0.25) is 4.99 Å². The molecular formula is C12H21FN2. The van der Waals surface area contributed by atoms with Crippen molar-refractivity contribution in [2.45, 2.75) is 45.3 Å². The molecule has 0 aliphatic rings. The lowest BCUT2D eigenvalue weighted by atomic mass is 9.94. The normalized spacial score (nSPS) is 15.8. The Hall–Kier alpha value is -0.960. The van der Waals surface area contributed by atoms with E-state index in [9.17, 15) is 4.39 Å². The first kappa shape index (κ1) is 14.0. The largest absolute Gasteiger partial charge is 0.322 e. The molecular weight excluding hydrogens is 191 g/mol. The van der Waals surface area contributed by atoms with E-state index >= 15 is 0 Å². The Bertz CT molecular complexity index is 238. The second-order valence-corrected chi connectivity index (χ2v) is 3.62. The van der Waals surface area contributed by atoms with Gasteiger partial charge >= 0.3 is 0 Å². The molecule has 0 aliphatic carbocycles. The third-order valence-electron chi connectivity index (χ3n) is 2.36. The summed E-state index contributed by atoms with van der Waals surface area (Å²) < 4.78 is 12.3. The summed E-state index contributed by atoms with van der Waals surface area (Å²) in [4.78, 5) is 3.99. The molecule has 86 valence electrons. The van der Waals surface area contributed by atoms with Crippen molar-refractivity contribution in [2.24, 2.45) is 10.7 Å². The number of aliphatic imine (C=N–C) groups is 1. The standard InChI is InChI=1S/C12H21FN2/c1-4-12(14,5-2)8-10-15-9-6-7-11(3)13/h6-11H,4-5,14H2,1-3H3/b7-6-,10-8+,15-9-. The van der Waals surface area contributed by atoms with Crippen molar-refractivity contribution in [3.8, 4) is 0 Å². The zero-order valence-electron chi connectivity index (χ0n) is 9.78. The topological polar surface area (TPSA) is 38.4 Å². The number of halogens is 1. The van der Waals surface area contributed by atoms with Gasteiger partial charge in [-0.1, -0.05) is 13.8 Å². The minimum absolute atomic E-state index is 0.269. The predicted molar refractivity (Wildman–Crippen MR) is 64.8 cm³/mol. The molecule has 0 radical (unpaired) electrons. The first-order valence-electron chi connectivity index (χ1n) is 5.34. The molecule has 0 aromatic rings. The first-order chi connectivity index (χ1) is 7.04. The Labute approximate surface area is 91.8 Å². The van der Waals surface area contributed by atoms with E-state index in [0.29, 0.717) is 0 Å². The van der Waals surface area contributed by atoms with E-state index in [1.807, 2.05) is 19.9 Å². The lowest BCUT2D eigenvalue weighted by Crippen LogP contribution is -2.35. The van der Waals surface area contributed by atoms with E-state index in [0.717, 1.165) is 12.8 Å². The average Bonchev–Trinajstić information content (AvgIpc) is 2.22. The number of allylic oxidation sites excluding steroid dienone is 2. The van der Waals surface area contributed by atoms with E-state index in [1.54, 1.807) is 18.5 Å². The molecule has 2 N–H and O–H groups in total. The molecule has 1 unspecified atom stereocenters. The highest BCUT2D eigenvalue weighted by molar-refractivity contribution is 5.71. The van der Waals surface area contributed by atoms with Crippen LogP contribution in [0.4, 0.5) is 4.39 Å². The minimum atomic E-state index is -0.930. The number of nitrogens with two attached hydrogens (primary N) is 1. The quantitative estimate of drug-likeness (QED) is 0.675. The second kappa shape index (κ2) is 7.35. The number of rotatable bonds is 6. The van der Waals surface area contributed by atoms with E-state index in [-0.39, 0.29) is 5.54 Å². The lowest BCUT2D eigenvalue weighted by Gasteiger charge is -2.21. The summed E-state index contributed by atoms with van der Waals surface area (Å²) in [5.41, 5.74) is 5.75. The number of hydrogen-bond acceptors (Lipinski definition) is 2. The molecule has 15 heavy (non-hydrogen) atoms. The van der Waals surface area contributed by atoms with Crippen LogP contribution in [0.1, 0.15) is 33.6 Å². The average molecular weight is 212 g/mol. The van der Waals surface area contributed by atoms with Gasteiger partial charge in [0.2, 0.25) is 0 Å². The molecule has 0 rings (SSSR count). The van der Waals surface area contributed by atoms with Gasteiger partial charge in [0.1, 0.15) is 6.17 Å². The number of hydrogen-bond donors (Lipinski definition) is 1. The highest BCUT2D eigenvalue weighted by atomic mass is 19.1. The fourth-order valence-corrected chi connectivity index (χ4v) is 0.979. The molecule has 0 saturated heterocycles. The van der Waals surface area contributed by atoms with Gasteiger partial charge in [-0.25, -0.2) is 4.39 Å². The molecule has 3 heteroatoms. The summed E-state index contributed by atoms with van der Waals surface area (Å²) in [6, 6.07) is 0. The van der Waals surface area contributed by atoms with Crippen molar-refractivity contribution in [1.29, 1.82) is 0 Å². The van der Waals surface area contributed by atoms with Crippen LogP contribution in [0.2, 0.25) is 0 Å². The van der Waals surface area contributed by atoms with Crippen LogP contribution in [-0.4, -0.2) is 17.9 Å². The third-order valence-corrected chi connectivity index (χ3v) is 2.36.